The number of amides is 2. The minimum atomic E-state index is -0.568. The standard InChI is InChI=1S/C18H27N3O3/c1-19(2)16(22)14-20-10-7-11-21(13-12-20)18(23)17(24-3)15-8-5-4-6-9-15/h4-6,8-9,17H,7,10-14H2,1-3H3/t17-/m1/s1. The first kappa shape index (κ1) is 18.4. The summed E-state index contributed by atoms with van der Waals surface area (Å²) >= 11 is 0. The van der Waals surface area contributed by atoms with Crippen LogP contribution >= 0.6 is 0 Å². The van der Waals surface area contributed by atoms with E-state index in [0.717, 1.165) is 18.5 Å². The average Bonchev–Trinajstić information content (AvgIpc) is 2.82. The van der Waals surface area contributed by atoms with E-state index in [4.69, 9.17) is 4.74 Å². The molecule has 0 aromatic heterocycles. The van der Waals surface area contributed by atoms with Crippen LogP contribution in [0.4, 0.5) is 0 Å². The Morgan fingerprint density at radius 2 is 1.83 bits per heavy atom. The van der Waals surface area contributed by atoms with Crippen LogP contribution in [0.1, 0.15) is 18.1 Å². The van der Waals surface area contributed by atoms with Crippen molar-refractivity contribution in [3.8, 4) is 0 Å². The molecule has 2 rings (SSSR count). The zero-order valence-electron chi connectivity index (χ0n) is 14.8. The van der Waals surface area contributed by atoms with Crippen LogP contribution in [0, 0.1) is 0 Å². The van der Waals surface area contributed by atoms with Gasteiger partial charge in [0.2, 0.25) is 5.91 Å². The van der Waals surface area contributed by atoms with Gasteiger partial charge in [0.1, 0.15) is 0 Å². The van der Waals surface area contributed by atoms with Crippen LogP contribution in [0.3, 0.4) is 0 Å². The fourth-order valence-electron chi connectivity index (χ4n) is 2.86. The van der Waals surface area contributed by atoms with E-state index < -0.39 is 6.10 Å². The lowest BCUT2D eigenvalue weighted by Crippen LogP contribution is -2.41. The summed E-state index contributed by atoms with van der Waals surface area (Å²) in [4.78, 5) is 30.2. The summed E-state index contributed by atoms with van der Waals surface area (Å²) in [5.41, 5.74) is 0.869. The molecule has 0 unspecified atom stereocenters. The highest BCUT2D eigenvalue weighted by Crippen LogP contribution is 2.20. The third-order valence-electron chi connectivity index (χ3n) is 4.32. The van der Waals surface area contributed by atoms with E-state index in [1.807, 2.05) is 35.2 Å². The molecule has 1 aliphatic rings. The topological polar surface area (TPSA) is 53.1 Å². The fourth-order valence-corrected chi connectivity index (χ4v) is 2.86. The van der Waals surface area contributed by atoms with Crippen LogP contribution in [0.15, 0.2) is 30.3 Å². The Balaban J connectivity index is 1.97. The van der Waals surface area contributed by atoms with Crippen molar-refractivity contribution in [2.45, 2.75) is 12.5 Å². The van der Waals surface area contributed by atoms with Gasteiger partial charge in [0.05, 0.1) is 6.54 Å². The highest BCUT2D eigenvalue weighted by molar-refractivity contribution is 5.82. The van der Waals surface area contributed by atoms with E-state index in [9.17, 15) is 9.59 Å². The molecule has 0 radical (unpaired) electrons. The Morgan fingerprint density at radius 1 is 1.12 bits per heavy atom. The Hall–Kier alpha value is -1.92. The van der Waals surface area contributed by atoms with Gasteiger partial charge in [0.25, 0.3) is 5.91 Å². The van der Waals surface area contributed by atoms with E-state index >= 15 is 0 Å². The van der Waals surface area contributed by atoms with Crippen molar-refractivity contribution < 1.29 is 14.3 Å². The number of carbonyl (C=O) groups excluding carboxylic acids is 2. The van der Waals surface area contributed by atoms with Gasteiger partial charge in [-0.15, -0.1) is 0 Å². The van der Waals surface area contributed by atoms with Crippen molar-refractivity contribution in [2.24, 2.45) is 0 Å². The van der Waals surface area contributed by atoms with E-state index in [0.29, 0.717) is 26.2 Å². The SMILES string of the molecule is CO[C@@H](C(=O)N1CCCN(CC(=O)N(C)C)CC1)c1ccccc1. The van der Waals surface area contributed by atoms with Crippen LogP contribution < -0.4 is 0 Å². The lowest BCUT2D eigenvalue weighted by atomic mass is 10.1. The molecule has 0 N–H and O–H groups in total. The van der Waals surface area contributed by atoms with E-state index in [2.05, 4.69) is 4.90 Å². The van der Waals surface area contributed by atoms with Crippen LogP contribution in [0.2, 0.25) is 0 Å². The van der Waals surface area contributed by atoms with Gasteiger partial charge in [-0.3, -0.25) is 14.5 Å². The Bertz CT molecular complexity index is 548. The molecule has 0 saturated carbocycles. The van der Waals surface area contributed by atoms with Crippen molar-refractivity contribution in [1.29, 1.82) is 0 Å². The molecular formula is C18H27N3O3. The number of benzene rings is 1. The van der Waals surface area contributed by atoms with Crippen LogP contribution in [-0.4, -0.2) is 80.4 Å². The third-order valence-corrected chi connectivity index (χ3v) is 4.32. The molecule has 1 aromatic carbocycles. The monoisotopic (exact) mass is 333 g/mol. The normalized spacial score (nSPS) is 17.2. The van der Waals surface area contributed by atoms with E-state index in [-0.39, 0.29) is 11.8 Å². The van der Waals surface area contributed by atoms with E-state index in [1.165, 1.54) is 0 Å². The molecule has 1 aromatic rings. The second-order valence-electron chi connectivity index (χ2n) is 6.27. The molecule has 1 heterocycles. The summed E-state index contributed by atoms with van der Waals surface area (Å²) in [7, 11) is 5.09. The molecule has 1 atom stereocenters. The molecule has 6 nitrogen and oxygen atoms in total. The largest absolute Gasteiger partial charge is 0.367 e. The van der Waals surface area contributed by atoms with Gasteiger partial charge in [-0.05, 0) is 12.0 Å². The molecule has 1 saturated heterocycles. The van der Waals surface area contributed by atoms with Gasteiger partial charge in [-0.25, -0.2) is 0 Å². The molecular weight excluding hydrogens is 306 g/mol. The summed E-state index contributed by atoms with van der Waals surface area (Å²) in [6.07, 6.45) is 0.290. The van der Waals surface area contributed by atoms with Gasteiger partial charge in [0.15, 0.2) is 6.10 Å². The predicted molar refractivity (Wildman–Crippen MR) is 92.5 cm³/mol. The maximum atomic E-state index is 12.8. The molecule has 0 spiro atoms. The second-order valence-corrected chi connectivity index (χ2v) is 6.27. The third kappa shape index (κ3) is 4.79. The average molecular weight is 333 g/mol. The van der Waals surface area contributed by atoms with Crippen LogP contribution in [-0.2, 0) is 14.3 Å². The summed E-state index contributed by atoms with van der Waals surface area (Å²) < 4.78 is 5.45. The molecule has 0 bridgehead atoms. The van der Waals surface area contributed by atoms with Crippen molar-refractivity contribution in [1.82, 2.24) is 14.7 Å². The lowest BCUT2D eigenvalue weighted by Gasteiger charge is -2.26. The highest BCUT2D eigenvalue weighted by Gasteiger charge is 2.27. The fraction of sp³-hybridized carbons (Fsp3) is 0.556. The highest BCUT2D eigenvalue weighted by atomic mass is 16.5. The summed E-state index contributed by atoms with van der Waals surface area (Å²) in [6, 6.07) is 9.56. The number of carbonyl (C=O) groups is 2. The van der Waals surface area contributed by atoms with Gasteiger partial charge in [0, 0.05) is 47.4 Å². The van der Waals surface area contributed by atoms with Crippen LogP contribution in [0.25, 0.3) is 0 Å². The Kier molecular flexibility index (Phi) is 6.75. The van der Waals surface area contributed by atoms with Crippen molar-refractivity contribution in [3.05, 3.63) is 35.9 Å². The van der Waals surface area contributed by atoms with E-state index in [1.54, 1.807) is 26.1 Å². The maximum absolute atomic E-state index is 12.8. The molecule has 132 valence electrons. The summed E-state index contributed by atoms with van der Waals surface area (Å²) in [5.74, 6) is 0.0818. The molecule has 0 aliphatic carbocycles. The number of hydrogen-bond acceptors (Lipinski definition) is 4. The maximum Gasteiger partial charge on any atom is 0.256 e. The molecule has 1 aliphatic heterocycles. The number of hydrogen-bond donors (Lipinski definition) is 0. The summed E-state index contributed by atoms with van der Waals surface area (Å²) in [6.45, 7) is 3.24. The zero-order chi connectivity index (χ0) is 17.5. The number of likely N-dealkylation sites (N-methyl/N-ethyl adjacent to an activating group) is 1. The van der Waals surface area contributed by atoms with Crippen molar-refractivity contribution in [3.63, 3.8) is 0 Å². The quantitative estimate of drug-likeness (QED) is 0.807. The minimum absolute atomic E-state index is 0.00974. The van der Waals surface area contributed by atoms with Crippen molar-refractivity contribution >= 4 is 11.8 Å². The molecule has 2 amide bonds. The first-order chi connectivity index (χ1) is 11.5. The van der Waals surface area contributed by atoms with Gasteiger partial charge in [-0.2, -0.15) is 0 Å². The molecule has 24 heavy (non-hydrogen) atoms. The Morgan fingerprint density at radius 3 is 2.46 bits per heavy atom. The predicted octanol–water partition coefficient (Wildman–Crippen LogP) is 0.997. The zero-order valence-corrected chi connectivity index (χ0v) is 14.8. The van der Waals surface area contributed by atoms with Crippen LogP contribution in [0.5, 0.6) is 0 Å². The minimum Gasteiger partial charge on any atom is -0.367 e. The number of methoxy groups -OCH3 is 1. The first-order valence-corrected chi connectivity index (χ1v) is 8.32. The van der Waals surface area contributed by atoms with Gasteiger partial charge >= 0.3 is 0 Å². The summed E-state index contributed by atoms with van der Waals surface area (Å²) in [5, 5.41) is 0. The number of ether oxygens (including phenoxy) is 1. The smallest absolute Gasteiger partial charge is 0.256 e. The Labute approximate surface area is 144 Å². The lowest BCUT2D eigenvalue weighted by molar-refractivity contribution is -0.142. The van der Waals surface area contributed by atoms with Gasteiger partial charge in [-0.1, -0.05) is 30.3 Å². The number of rotatable bonds is 5. The molecule has 6 heteroatoms. The van der Waals surface area contributed by atoms with Crippen molar-refractivity contribution in [2.75, 3.05) is 53.9 Å². The second kappa shape index (κ2) is 8.80. The van der Waals surface area contributed by atoms with Gasteiger partial charge < -0.3 is 14.5 Å². The first-order valence-electron chi connectivity index (χ1n) is 8.32. The number of nitrogens with zero attached hydrogens (tertiary/aromatic N) is 3. The molecule has 1 fully saturated rings.